The van der Waals surface area contributed by atoms with E-state index in [2.05, 4.69) is 22.9 Å². The van der Waals surface area contributed by atoms with Crippen LogP contribution in [0.5, 0.6) is 0 Å². The summed E-state index contributed by atoms with van der Waals surface area (Å²) in [6.07, 6.45) is 0. The molecule has 1 aromatic carbocycles. The van der Waals surface area contributed by atoms with E-state index in [1.165, 1.54) is 7.11 Å². The van der Waals surface area contributed by atoms with Gasteiger partial charge in [0.15, 0.2) is 0 Å². The third kappa shape index (κ3) is 2.64. The van der Waals surface area contributed by atoms with Crippen LogP contribution >= 0.6 is 0 Å². The van der Waals surface area contributed by atoms with Crippen molar-refractivity contribution in [3.05, 3.63) is 29.3 Å². The summed E-state index contributed by atoms with van der Waals surface area (Å²) < 4.78 is 4.81. The highest BCUT2D eigenvalue weighted by Gasteiger charge is 2.17. The molecule has 0 bridgehead atoms. The van der Waals surface area contributed by atoms with Crippen LogP contribution in [0.25, 0.3) is 0 Å². The molecule has 0 amide bonds. The minimum Gasteiger partial charge on any atom is -0.465 e. The first kappa shape index (κ1) is 12.9. The number of benzene rings is 1. The molecule has 18 heavy (non-hydrogen) atoms. The Balaban J connectivity index is 2.21. The van der Waals surface area contributed by atoms with E-state index in [4.69, 9.17) is 4.74 Å². The molecule has 1 saturated heterocycles. The highest BCUT2D eigenvalue weighted by atomic mass is 16.5. The van der Waals surface area contributed by atoms with E-state index in [0.29, 0.717) is 5.56 Å². The first-order chi connectivity index (χ1) is 8.61. The van der Waals surface area contributed by atoms with Gasteiger partial charge in [-0.25, -0.2) is 4.79 Å². The van der Waals surface area contributed by atoms with E-state index < -0.39 is 0 Å². The van der Waals surface area contributed by atoms with Gasteiger partial charge < -0.3 is 14.5 Å². The second-order valence-corrected chi connectivity index (χ2v) is 4.78. The zero-order chi connectivity index (χ0) is 13.1. The number of carbonyl (C=O) groups excluding carboxylic acids is 1. The van der Waals surface area contributed by atoms with Crippen LogP contribution in [0.3, 0.4) is 0 Å². The smallest absolute Gasteiger partial charge is 0.338 e. The molecule has 4 nitrogen and oxygen atoms in total. The quantitative estimate of drug-likeness (QED) is 0.743. The number of ether oxygens (including phenoxy) is 1. The van der Waals surface area contributed by atoms with Crippen molar-refractivity contribution in [2.45, 2.75) is 6.92 Å². The van der Waals surface area contributed by atoms with Gasteiger partial charge in [0.05, 0.1) is 12.7 Å². The van der Waals surface area contributed by atoms with Crippen LogP contribution < -0.4 is 4.90 Å². The number of esters is 1. The Hall–Kier alpha value is -1.55. The average Bonchev–Trinajstić information content (AvgIpc) is 2.39. The lowest BCUT2D eigenvalue weighted by Gasteiger charge is -2.34. The van der Waals surface area contributed by atoms with Crippen molar-refractivity contribution in [2.75, 3.05) is 45.2 Å². The first-order valence-corrected chi connectivity index (χ1v) is 6.24. The summed E-state index contributed by atoms with van der Waals surface area (Å²) in [6.45, 7) is 6.04. The SMILES string of the molecule is COC(=O)c1cc(N2CCN(C)CC2)ccc1C. The summed E-state index contributed by atoms with van der Waals surface area (Å²) in [5.74, 6) is -0.261. The van der Waals surface area contributed by atoms with Crippen LogP contribution in [-0.2, 0) is 4.74 Å². The molecular weight excluding hydrogens is 228 g/mol. The number of nitrogens with zero attached hydrogens (tertiary/aromatic N) is 2. The van der Waals surface area contributed by atoms with Crippen LogP contribution in [-0.4, -0.2) is 51.2 Å². The van der Waals surface area contributed by atoms with Crippen LogP contribution in [0.1, 0.15) is 15.9 Å². The van der Waals surface area contributed by atoms with Crippen LogP contribution in [0.4, 0.5) is 5.69 Å². The normalized spacial score (nSPS) is 16.7. The van der Waals surface area contributed by atoms with E-state index in [9.17, 15) is 4.79 Å². The summed E-state index contributed by atoms with van der Waals surface area (Å²) in [6, 6.07) is 6.00. The third-order valence-corrected chi connectivity index (χ3v) is 3.49. The van der Waals surface area contributed by atoms with Crippen molar-refractivity contribution in [1.29, 1.82) is 0 Å². The van der Waals surface area contributed by atoms with Gasteiger partial charge in [-0.15, -0.1) is 0 Å². The molecule has 0 atom stereocenters. The van der Waals surface area contributed by atoms with E-state index in [1.807, 2.05) is 19.1 Å². The molecule has 0 radical (unpaired) electrons. The summed E-state index contributed by atoms with van der Waals surface area (Å²) >= 11 is 0. The second-order valence-electron chi connectivity index (χ2n) is 4.78. The molecule has 1 aromatic rings. The van der Waals surface area contributed by atoms with Gasteiger partial charge in [-0.3, -0.25) is 0 Å². The Morgan fingerprint density at radius 3 is 2.50 bits per heavy atom. The van der Waals surface area contributed by atoms with Gasteiger partial charge in [-0.05, 0) is 31.7 Å². The number of aryl methyl sites for hydroxylation is 1. The third-order valence-electron chi connectivity index (χ3n) is 3.49. The van der Waals surface area contributed by atoms with Crippen molar-refractivity contribution >= 4 is 11.7 Å². The van der Waals surface area contributed by atoms with Gasteiger partial charge in [0.2, 0.25) is 0 Å². The Bertz CT molecular complexity index is 437. The van der Waals surface area contributed by atoms with Gasteiger partial charge in [-0.1, -0.05) is 6.07 Å². The molecule has 0 spiro atoms. The zero-order valence-corrected chi connectivity index (χ0v) is 11.3. The molecule has 4 heteroatoms. The predicted molar refractivity (Wildman–Crippen MR) is 72.2 cm³/mol. The van der Waals surface area contributed by atoms with Gasteiger partial charge in [0.25, 0.3) is 0 Å². The van der Waals surface area contributed by atoms with Crippen molar-refractivity contribution < 1.29 is 9.53 Å². The van der Waals surface area contributed by atoms with E-state index in [-0.39, 0.29) is 5.97 Å². The number of carbonyl (C=O) groups is 1. The minimum absolute atomic E-state index is 0.261. The van der Waals surface area contributed by atoms with Gasteiger partial charge in [0.1, 0.15) is 0 Å². The van der Waals surface area contributed by atoms with Crippen LogP contribution in [0.2, 0.25) is 0 Å². The van der Waals surface area contributed by atoms with Gasteiger partial charge in [0, 0.05) is 31.9 Å². The second kappa shape index (κ2) is 5.40. The summed E-state index contributed by atoms with van der Waals surface area (Å²) in [4.78, 5) is 16.3. The molecule has 98 valence electrons. The molecule has 0 saturated carbocycles. The summed E-state index contributed by atoms with van der Waals surface area (Å²) in [5.41, 5.74) is 2.72. The monoisotopic (exact) mass is 248 g/mol. The first-order valence-electron chi connectivity index (χ1n) is 6.24. The van der Waals surface area contributed by atoms with Crippen molar-refractivity contribution in [1.82, 2.24) is 4.90 Å². The number of likely N-dealkylation sites (N-methyl/N-ethyl adjacent to an activating group) is 1. The fraction of sp³-hybridized carbons (Fsp3) is 0.500. The summed E-state index contributed by atoms with van der Waals surface area (Å²) in [5, 5.41) is 0. The predicted octanol–water partition coefficient (Wildman–Crippen LogP) is 1.53. The van der Waals surface area contributed by atoms with E-state index in [0.717, 1.165) is 37.4 Å². The Morgan fingerprint density at radius 1 is 1.22 bits per heavy atom. The van der Waals surface area contributed by atoms with E-state index in [1.54, 1.807) is 0 Å². The zero-order valence-electron chi connectivity index (χ0n) is 11.3. The van der Waals surface area contributed by atoms with Gasteiger partial charge in [-0.2, -0.15) is 0 Å². The number of hydrogen-bond donors (Lipinski definition) is 0. The average molecular weight is 248 g/mol. The topological polar surface area (TPSA) is 32.8 Å². The number of piperazine rings is 1. The molecule has 0 aliphatic carbocycles. The number of methoxy groups -OCH3 is 1. The fourth-order valence-corrected chi connectivity index (χ4v) is 2.20. The molecule has 1 fully saturated rings. The molecular formula is C14H20N2O2. The number of rotatable bonds is 2. The lowest BCUT2D eigenvalue weighted by Crippen LogP contribution is -2.44. The largest absolute Gasteiger partial charge is 0.465 e. The Kier molecular flexibility index (Phi) is 3.87. The molecule has 1 aliphatic rings. The molecule has 2 rings (SSSR count). The Labute approximate surface area is 108 Å². The molecule has 0 unspecified atom stereocenters. The highest BCUT2D eigenvalue weighted by Crippen LogP contribution is 2.21. The summed E-state index contributed by atoms with van der Waals surface area (Å²) in [7, 11) is 3.55. The maximum absolute atomic E-state index is 11.7. The lowest BCUT2D eigenvalue weighted by molar-refractivity contribution is 0.0600. The van der Waals surface area contributed by atoms with Crippen molar-refractivity contribution in [3.8, 4) is 0 Å². The van der Waals surface area contributed by atoms with E-state index >= 15 is 0 Å². The molecule has 1 heterocycles. The minimum atomic E-state index is -0.261. The number of anilines is 1. The molecule has 0 aromatic heterocycles. The fourth-order valence-electron chi connectivity index (χ4n) is 2.20. The van der Waals surface area contributed by atoms with Crippen molar-refractivity contribution in [2.24, 2.45) is 0 Å². The molecule has 1 aliphatic heterocycles. The standard InChI is InChI=1S/C14H20N2O2/c1-11-4-5-12(10-13(11)14(17)18-3)16-8-6-15(2)7-9-16/h4-5,10H,6-9H2,1-3H3. The lowest BCUT2D eigenvalue weighted by atomic mass is 10.1. The van der Waals surface area contributed by atoms with Gasteiger partial charge >= 0.3 is 5.97 Å². The highest BCUT2D eigenvalue weighted by molar-refractivity contribution is 5.92. The maximum Gasteiger partial charge on any atom is 0.338 e. The Morgan fingerprint density at radius 2 is 1.89 bits per heavy atom. The maximum atomic E-state index is 11.7. The number of hydrogen-bond acceptors (Lipinski definition) is 4. The molecule has 0 N–H and O–H groups in total. The van der Waals surface area contributed by atoms with Crippen LogP contribution in [0.15, 0.2) is 18.2 Å². The van der Waals surface area contributed by atoms with Crippen LogP contribution in [0, 0.1) is 6.92 Å². The van der Waals surface area contributed by atoms with Crippen molar-refractivity contribution in [3.63, 3.8) is 0 Å².